The molecular formula is C17H21FN4O. The van der Waals surface area contributed by atoms with Crippen molar-refractivity contribution in [1.82, 2.24) is 9.97 Å². The van der Waals surface area contributed by atoms with Gasteiger partial charge in [-0.15, -0.1) is 0 Å². The van der Waals surface area contributed by atoms with E-state index in [1.54, 1.807) is 19.1 Å². The smallest absolute Gasteiger partial charge is 0.246 e. The fourth-order valence-electron chi connectivity index (χ4n) is 2.12. The van der Waals surface area contributed by atoms with Gasteiger partial charge in [0, 0.05) is 23.9 Å². The van der Waals surface area contributed by atoms with Crippen LogP contribution in [0.5, 0.6) is 0 Å². The number of amides is 1. The van der Waals surface area contributed by atoms with Crippen LogP contribution in [0.2, 0.25) is 0 Å². The number of carbonyl (C=O) groups is 1. The third kappa shape index (κ3) is 4.48. The van der Waals surface area contributed by atoms with Gasteiger partial charge in [0.1, 0.15) is 23.5 Å². The van der Waals surface area contributed by atoms with E-state index in [-0.39, 0.29) is 11.7 Å². The Morgan fingerprint density at radius 2 is 2.00 bits per heavy atom. The largest absolute Gasteiger partial charge is 0.359 e. The molecular weight excluding hydrogens is 295 g/mol. The fourth-order valence-corrected chi connectivity index (χ4v) is 2.12. The van der Waals surface area contributed by atoms with Crippen LogP contribution in [0, 0.1) is 19.7 Å². The molecule has 0 saturated heterocycles. The first-order valence-corrected chi connectivity index (χ1v) is 7.57. The number of nitrogens with one attached hydrogen (secondary N) is 2. The summed E-state index contributed by atoms with van der Waals surface area (Å²) in [6.07, 6.45) is 0.722. The molecule has 1 heterocycles. The second kappa shape index (κ2) is 7.17. The molecule has 5 nitrogen and oxygen atoms in total. The van der Waals surface area contributed by atoms with E-state index in [1.807, 2.05) is 20.8 Å². The lowest BCUT2D eigenvalue weighted by Gasteiger charge is -2.16. The summed E-state index contributed by atoms with van der Waals surface area (Å²) in [5.74, 6) is 0.688. The lowest BCUT2D eigenvalue weighted by atomic mass is 10.2. The van der Waals surface area contributed by atoms with E-state index in [0.717, 1.165) is 23.5 Å². The molecule has 2 N–H and O–H groups in total. The first-order valence-electron chi connectivity index (χ1n) is 7.57. The number of aromatic nitrogens is 2. The molecule has 0 radical (unpaired) electrons. The van der Waals surface area contributed by atoms with E-state index in [4.69, 9.17) is 0 Å². The number of halogens is 1. The summed E-state index contributed by atoms with van der Waals surface area (Å²) in [6.45, 7) is 7.40. The van der Waals surface area contributed by atoms with Gasteiger partial charge >= 0.3 is 0 Å². The highest BCUT2D eigenvalue weighted by atomic mass is 19.1. The molecule has 0 saturated carbocycles. The Kier molecular flexibility index (Phi) is 5.26. The van der Waals surface area contributed by atoms with Crippen LogP contribution in [-0.4, -0.2) is 21.9 Å². The zero-order chi connectivity index (χ0) is 17.0. The molecule has 0 unspecified atom stereocenters. The minimum atomic E-state index is -0.517. The van der Waals surface area contributed by atoms with Gasteiger partial charge in [0.05, 0.1) is 0 Å². The van der Waals surface area contributed by atoms with Gasteiger partial charge in [0.15, 0.2) is 0 Å². The molecule has 23 heavy (non-hydrogen) atoms. The zero-order valence-corrected chi connectivity index (χ0v) is 13.8. The standard InChI is InChI=1S/C17H21FN4O/c1-5-15-19-11(3)8-16(22-15)20-12(4)17(23)21-14-9-13(18)7-6-10(14)2/h6-9,12H,5H2,1-4H3,(H,21,23)(H,19,20,22)/t12-/m1/s1. The van der Waals surface area contributed by atoms with E-state index >= 15 is 0 Å². The monoisotopic (exact) mass is 316 g/mol. The van der Waals surface area contributed by atoms with Gasteiger partial charge in [-0.25, -0.2) is 14.4 Å². The number of rotatable bonds is 5. The number of hydrogen-bond donors (Lipinski definition) is 2. The van der Waals surface area contributed by atoms with Crippen LogP contribution in [-0.2, 0) is 11.2 Å². The van der Waals surface area contributed by atoms with Crippen molar-refractivity contribution in [2.45, 2.75) is 40.2 Å². The number of aryl methyl sites for hydroxylation is 3. The average Bonchev–Trinajstić information content (AvgIpc) is 2.50. The van der Waals surface area contributed by atoms with Crippen molar-refractivity contribution < 1.29 is 9.18 Å². The van der Waals surface area contributed by atoms with Crippen molar-refractivity contribution in [2.75, 3.05) is 10.6 Å². The normalized spacial score (nSPS) is 11.9. The topological polar surface area (TPSA) is 66.9 Å². The molecule has 0 fully saturated rings. The Morgan fingerprint density at radius 1 is 1.26 bits per heavy atom. The van der Waals surface area contributed by atoms with E-state index < -0.39 is 6.04 Å². The predicted octanol–water partition coefficient (Wildman–Crippen LogP) is 3.23. The molecule has 0 aliphatic heterocycles. The molecule has 2 rings (SSSR count). The summed E-state index contributed by atoms with van der Waals surface area (Å²) in [6, 6.07) is 5.57. The van der Waals surface area contributed by atoms with Crippen LogP contribution in [0.1, 0.15) is 30.9 Å². The Morgan fingerprint density at radius 3 is 2.70 bits per heavy atom. The summed E-state index contributed by atoms with van der Waals surface area (Å²) >= 11 is 0. The number of hydrogen-bond acceptors (Lipinski definition) is 4. The number of nitrogens with zero attached hydrogens (tertiary/aromatic N) is 2. The van der Waals surface area contributed by atoms with Crippen molar-refractivity contribution in [3.8, 4) is 0 Å². The van der Waals surface area contributed by atoms with E-state index in [9.17, 15) is 9.18 Å². The highest BCUT2D eigenvalue weighted by Gasteiger charge is 2.15. The molecule has 0 spiro atoms. The lowest BCUT2D eigenvalue weighted by Crippen LogP contribution is -2.32. The minimum Gasteiger partial charge on any atom is -0.359 e. The first-order chi connectivity index (χ1) is 10.9. The Bertz CT molecular complexity index is 718. The van der Waals surface area contributed by atoms with Gasteiger partial charge in [-0.2, -0.15) is 0 Å². The predicted molar refractivity (Wildman–Crippen MR) is 89.0 cm³/mol. The summed E-state index contributed by atoms with van der Waals surface area (Å²) in [5, 5.41) is 5.78. The minimum absolute atomic E-state index is 0.256. The first kappa shape index (κ1) is 16.9. The van der Waals surface area contributed by atoms with E-state index in [2.05, 4.69) is 20.6 Å². The van der Waals surface area contributed by atoms with Crippen LogP contribution in [0.4, 0.5) is 15.9 Å². The van der Waals surface area contributed by atoms with Gasteiger partial charge in [0.25, 0.3) is 0 Å². The molecule has 0 bridgehead atoms. The molecule has 0 aliphatic rings. The molecule has 1 amide bonds. The van der Waals surface area contributed by atoms with Gasteiger partial charge in [-0.3, -0.25) is 4.79 Å². The Labute approximate surface area is 135 Å². The highest BCUT2D eigenvalue weighted by molar-refractivity contribution is 5.96. The molecule has 1 aromatic heterocycles. The van der Waals surface area contributed by atoms with Crippen molar-refractivity contribution in [3.05, 3.63) is 47.2 Å². The van der Waals surface area contributed by atoms with Crippen LogP contribution in [0.15, 0.2) is 24.3 Å². The summed E-state index contributed by atoms with van der Waals surface area (Å²) in [4.78, 5) is 20.9. The van der Waals surface area contributed by atoms with Gasteiger partial charge in [-0.05, 0) is 38.5 Å². The lowest BCUT2D eigenvalue weighted by molar-refractivity contribution is -0.116. The maximum Gasteiger partial charge on any atom is 0.246 e. The molecule has 1 atom stereocenters. The molecule has 2 aromatic rings. The van der Waals surface area contributed by atoms with Gasteiger partial charge < -0.3 is 10.6 Å². The van der Waals surface area contributed by atoms with Crippen molar-refractivity contribution >= 4 is 17.4 Å². The second-order valence-electron chi connectivity index (χ2n) is 5.48. The van der Waals surface area contributed by atoms with Gasteiger partial charge in [-0.1, -0.05) is 13.0 Å². The Balaban J connectivity index is 2.08. The summed E-state index contributed by atoms with van der Waals surface area (Å²) in [7, 11) is 0. The van der Waals surface area contributed by atoms with Crippen molar-refractivity contribution in [3.63, 3.8) is 0 Å². The van der Waals surface area contributed by atoms with Crippen LogP contribution in [0.25, 0.3) is 0 Å². The fraction of sp³-hybridized carbons (Fsp3) is 0.353. The van der Waals surface area contributed by atoms with Crippen molar-refractivity contribution in [1.29, 1.82) is 0 Å². The van der Waals surface area contributed by atoms with Crippen LogP contribution < -0.4 is 10.6 Å². The zero-order valence-electron chi connectivity index (χ0n) is 13.8. The number of anilines is 2. The summed E-state index contributed by atoms with van der Waals surface area (Å²) in [5.41, 5.74) is 2.11. The van der Waals surface area contributed by atoms with Crippen molar-refractivity contribution in [2.24, 2.45) is 0 Å². The Hall–Kier alpha value is -2.50. The highest BCUT2D eigenvalue weighted by Crippen LogP contribution is 2.17. The quantitative estimate of drug-likeness (QED) is 0.888. The molecule has 0 aliphatic carbocycles. The molecule has 1 aromatic carbocycles. The third-order valence-corrected chi connectivity index (χ3v) is 3.43. The number of carbonyl (C=O) groups excluding carboxylic acids is 1. The maximum atomic E-state index is 13.3. The van der Waals surface area contributed by atoms with E-state index in [1.165, 1.54) is 12.1 Å². The SMILES string of the molecule is CCc1nc(C)cc(N[C@H](C)C(=O)Nc2cc(F)ccc2C)n1. The molecule has 6 heteroatoms. The second-order valence-corrected chi connectivity index (χ2v) is 5.48. The van der Waals surface area contributed by atoms with Gasteiger partial charge in [0.2, 0.25) is 5.91 Å². The van der Waals surface area contributed by atoms with E-state index in [0.29, 0.717) is 11.5 Å². The third-order valence-electron chi connectivity index (χ3n) is 3.43. The maximum absolute atomic E-state index is 13.3. The average molecular weight is 316 g/mol. The molecule has 122 valence electrons. The summed E-state index contributed by atoms with van der Waals surface area (Å²) < 4.78 is 13.3. The van der Waals surface area contributed by atoms with Crippen LogP contribution >= 0.6 is 0 Å². The van der Waals surface area contributed by atoms with Crippen LogP contribution in [0.3, 0.4) is 0 Å². The number of benzene rings is 1.